The molecule has 0 fully saturated rings. The molecule has 0 atom stereocenters. The van der Waals surface area contributed by atoms with Crippen molar-refractivity contribution >= 4 is 46.4 Å². The maximum absolute atomic E-state index is 12.0. The minimum Gasteiger partial charge on any atom is -0.288 e. The molecule has 0 spiro atoms. The summed E-state index contributed by atoms with van der Waals surface area (Å²) in [5.41, 5.74) is 0.311. The van der Waals surface area contributed by atoms with E-state index in [0.717, 1.165) is 19.3 Å². The normalized spacial score (nSPS) is 15.8. The van der Waals surface area contributed by atoms with Crippen LogP contribution in [0.15, 0.2) is 20.7 Å². The van der Waals surface area contributed by atoms with E-state index in [1.54, 1.807) is 0 Å². The molecule has 0 bridgehead atoms. The van der Waals surface area contributed by atoms with Crippen LogP contribution in [-0.2, 0) is 9.59 Å². The van der Waals surface area contributed by atoms with Gasteiger partial charge < -0.3 is 0 Å². The SMILES string of the molecule is CCCCCCCCCCCCC1=C(Cl)C(=O)C(Cl)=C(Cl)C1=O. The predicted octanol–water partition coefficient (Wildman–Crippen LogP) is 6.63. The third kappa shape index (κ3) is 6.60. The molecule has 1 aliphatic carbocycles. The lowest BCUT2D eigenvalue weighted by Gasteiger charge is -2.14. The quantitative estimate of drug-likeness (QED) is 0.298. The van der Waals surface area contributed by atoms with Gasteiger partial charge in [0.05, 0.1) is 5.03 Å². The van der Waals surface area contributed by atoms with E-state index >= 15 is 0 Å². The lowest BCUT2D eigenvalue weighted by molar-refractivity contribution is -0.115. The maximum atomic E-state index is 12.0. The van der Waals surface area contributed by atoms with E-state index in [2.05, 4.69) is 6.92 Å². The third-order valence-corrected chi connectivity index (χ3v) is 5.33. The van der Waals surface area contributed by atoms with Crippen LogP contribution in [0.3, 0.4) is 0 Å². The Morgan fingerprint density at radius 3 is 1.57 bits per heavy atom. The van der Waals surface area contributed by atoms with Crippen molar-refractivity contribution in [2.45, 2.75) is 77.6 Å². The molecule has 23 heavy (non-hydrogen) atoms. The summed E-state index contributed by atoms with van der Waals surface area (Å²) in [6.07, 6.45) is 12.6. The van der Waals surface area contributed by atoms with Gasteiger partial charge in [-0.05, 0) is 12.8 Å². The van der Waals surface area contributed by atoms with Gasteiger partial charge in [-0.15, -0.1) is 0 Å². The van der Waals surface area contributed by atoms with Crippen molar-refractivity contribution in [3.63, 3.8) is 0 Å². The molecule has 1 aliphatic rings. The number of carbonyl (C=O) groups is 2. The minimum absolute atomic E-state index is 0.0691. The zero-order valence-corrected chi connectivity index (χ0v) is 16.0. The summed E-state index contributed by atoms with van der Waals surface area (Å²) in [7, 11) is 0. The first-order chi connectivity index (χ1) is 11.0. The van der Waals surface area contributed by atoms with E-state index in [9.17, 15) is 9.59 Å². The van der Waals surface area contributed by atoms with Crippen LogP contribution >= 0.6 is 34.8 Å². The molecule has 0 radical (unpaired) electrons. The summed E-state index contributed by atoms with van der Waals surface area (Å²) in [4.78, 5) is 23.8. The van der Waals surface area contributed by atoms with Crippen LogP contribution in [0.25, 0.3) is 0 Å². The largest absolute Gasteiger partial charge is 0.288 e. The fourth-order valence-corrected chi connectivity index (χ4v) is 3.38. The molecular weight excluding hydrogens is 355 g/mol. The average molecular weight is 380 g/mol. The molecular formula is C18H25Cl3O2. The van der Waals surface area contributed by atoms with Gasteiger partial charge in [0.2, 0.25) is 11.6 Å². The molecule has 5 heteroatoms. The van der Waals surface area contributed by atoms with Crippen molar-refractivity contribution in [1.29, 1.82) is 0 Å². The van der Waals surface area contributed by atoms with Gasteiger partial charge >= 0.3 is 0 Å². The molecule has 0 N–H and O–H groups in total. The number of Topliss-reactive ketones (excluding diaryl/α,β-unsaturated/α-hetero) is 2. The van der Waals surface area contributed by atoms with Crippen LogP contribution in [0.1, 0.15) is 77.6 Å². The molecule has 0 aliphatic heterocycles. The molecule has 0 aromatic carbocycles. The summed E-state index contributed by atoms with van der Waals surface area (Å²) in [5, 5.41) is -0.544. The Morgan fingerprint density at radius 2 is 1.04 bits per heavy atom. The van der Waals surface area contributed by atoms with Crippen LogP contribution < -0.4 is 0 Å². The summed E-state index contributed by atoms with van der Waals surface area (Å²) in [6.45, 7) is 2.23. The van der Waals surface area contributed by atoms with Gasteiger partial charge in [-0.25, -0.2) is 0 Å². The second kappa shape index (κ2) is 11.3. The molecule has 0 amide bonds. The van der Waals surface area contributed by atoms with E-state index in [0.29, 0.717) is 12.0 Å². The number of hydrogen-bond acceptors (Lipinski definition) is 2. The van der Waals surface area contributed by atoms with Crippen molar-refractivity contribution in [2.24, 2.45) is 0 Å². The zero-order chi connectivity index (χ0) is 17.2. The number of rotatable bonds is 11. The van der Waals surface area contributed by atoms with Crippen LogP contribution in [0.2, 0.25) is 0 Å². The molecule has 1 rings (SSSR count). The highest BCUT2D eigenvalue weighted by Crippen LogP contribution is 2.33. The van der Waals surface area contributed by atoms with Crippen molar-refractivity contribution in [2.75, 3.05) is 0 Å². The summed E-state index contributed by atoms with van der Waals surface area (Å²) in [5.74, 6) is -0.947. The third-order valence-electron chi connectivity index (χ3n) is 4.11. The topological polar surface area (TPSA) is 34.1 Å². The Bertz CT molecular complexity index is 492. The Hall–Kier alpha value is -0.310. The highest BCUT2D eigenvalue weighted by Gasteiger charge is 2.31. The Labute approximate surface area is 154 Å². The Kier molecular flexibility index (Phi) is 10.2. The lowest BCUT2D eigenvalue weighted by Crippen LogP contribution is -2.17. The van der Waals surface area contributed by atoms with Gasteiger partial charge in [-0.1, -0.05) is 99.5 Å². The lowest BCUT2D eigenvalue weighted by atomic mass is 9.96. The molecule has 0 unspecified atom stereocenters. The average Bonchev–Trinajstić information content (AvgIpc) is 2.55. The molecule has 0 saturated carbocycles. The van der Waals surface area contributed by atoms with Gasteiger partial charge in [0, 0.05) is 5.57 Å². The molecule has 130 valence electrons. The molecule has 0 saturated heterocycles. The van der Waals surface area contributed by atoms with E-state index < -0.39 is 11.6 Å². The van der Waals surface area contributed by atoms with E-state index in [1.165, 1.54) is 44.9 Å². The summed E-state index contributed by atoms with van der Waals surface area (Å²) >= 11 is 17.4. The second-order valence-corrected chi connectivity index (χ2v) is 7.14. The van der Waals surface area contributed by atoms with Gasteiger partial charge in [-0.3, -0.25) is 9.59 Å². The number of halogens is 3. The number of unbranched alkanes of at least 4 members (excludes halogenated alkanes) is 9. The standard InChI is InChI=1S/C18H25Cl3O2/c1-2-3-4-5-6-7-8-9-10-11-12-13-14(19)18(23)16(21)15(20)17(13)22/h2-12H2,1H3. The number of allylic oxidation sites excluding steroid dienone is 4. The van der Waals surface area contributed by atoms with Gasteiger partial charge in [0.25, 0.3) is 0 Å². The first-order valence-electron chi connectivity index (χ1n) is 8.54. The minimum atomic E-state index is -0.542. The van der Waals surface area contributed by atoms with Crippen molar-refractivity contribution < 1.29 is 9.59 Å². The molecule has 0 aromatic heterocycles. The molecule has 2 nitrogen and oxygen atoms in total. The van der Waals surface area contributed by atoms with Gasteiger partial charge in [-0.2, -0.15) is 0 Å². The van der Waals surface area contributed by atoms with Crippen molar-refractivity contribution in [3.8, 4) is 0 Å². The number of ketones is 2. The van der Waals surface area contributed by atoms with E-state index in [-0.39, 0.29) is 15.1 Å². The van der Waals surface area contributed by atoms with Crippen LogP contribution in [-0.4, -0.2) is 11.6 Å². The van der Waals surface area contributed by atoms with Gasteiger partial charge in [0.15, 0.2) is 0 Å². The van der Waals surface area contributed by atoms with E-state index in [4.69, 9.17) is 34.8 Å². The van der Waals surface area contributed by atoms with Gasteiger partial charge in [0.1, 0.15) is 10.1 Å². The number of hydrogen-bond donors (Lipinski definition) is 0. The van der Waals surface area contributed by atoms with Crippen LogP contribution in [0.4, 0.5) is 0 Å². The molecule has 0 heterocycles. The van der Waals surface area contributed by atoms with E-state index in [1.807, 2.05) is 0 Å². The maximum Gasteiger partial charge on any atom is 0.217 e. The predicted molar refractivity (Wildman–Crippen MR) is 98.1 cm³/mol. The monoisotopic (exact) mass is 378 g/mol. The second-order valence-electron chi connectivity index (χ2n) is 6.01. The van der Waals surface area contributed by atoms with Crippen molar-refractivity contribution in [1.82, 2.24) is 0 Å². The highest BCUT2D eigenvalue weighted by atomic mass is 35.5. The smallest absolute Gasteiger partial charge is 0.217 e. The fourth-order valence-electron chi connectivity index (χ4n) is 2.68. The summed E-state index contributed by atoms with van der Waals surface area (Å²) < 4.78 is 0. The Morgan fingerprint density at radius 1 is 0.609 bits per heavy atom. The van der Waals surface area contributed by atoms with Crippen LogP contribution in [0.5, 0.6) is 0 Å². The zero-order valence-electron chi connectivity index (χ0n) is 13.7. The first-order valence-corrected chi connectivity index (χ1v) is 9.67. The van der Waals surface area contributed by atoms with Crippen molar-refractivity contribution in [3.05, 3.63) is 20.7 Å². The highest BCUT2D eigenvalue weighted by molar-refractivity contribution is 6.64. The summed E-state index contributed by atoms with van der Waals surface area (Å²) in [6, 6.07) is 0. The van der Waals surface area contributed by atoms with Crippen LogP contribution in [0, 0.1) is 0 Å². The molecule has 0 aromatic rings. The number of carbonyl (C=O) groups excluding carboxylic acids is 2. The fraction of sp³-hybridized carbons (Fsp3) is 0.667. The Balaban J connectivity index is 2.21. The first kappa shape index (κ1) is 20.7.